The number of fused-ring (bicyclic) bond motifs is 1. The molecule has 0 saturated heterocycles. The summed E-state index contributed by atoms with van der Waals surface area (Å²) in [4.78, 5) is 23.7. The molecule has 24 heavy (non-hydrogen) atoms. The van der Waals surface area contributed by atoms with Gasteiger partial charge < -0.3 is 9.73 Å². The van der Waals surface area contributed by atoms with Crippen molar-refractivity contribution in [1.29, 1.82) is 0 Å². The van der Waals surface area contributed by atoms with Gasteiger partial charge in [-0.1, -0.05) is 29.3 Å². The Morgan fingerprint density at radius 1 is 1.12 bits per heavy atom. The molecule has 6 heteroatoms. The fraction of sp³-hybridized carbons (Fsp3) is 0.111. The van der Waals surface area contributed by atoms with Gasteiger partial charge in [-0.25, -0.2) is 4.79 Å². The maximum absolute atomic E-state index is 12.2. The summed E-state index contributed by atoms with van der Waals surface area (Å²) >= 11 is 11.9. The molecule has 3 aromatic rings. The van der Waals surface area contributed by atoms with E-state index in [0.717, 1.165) is 10.9 Å². The molecule has 0 unspecified atom stereocenters. The molecule has 0 atom stereocenters. The first-order valence-corrected chi connectivity index (χ1v) is 7.96. The summed E-state index contributed by atoms with van der Waals surface area (Å²) in [5.74, 6) is -0.228. The SMILES string of the molecule is Cc1cc(=O)oc2cc(NC(=O)Cc3ccc(Cl)cc3Cl)ccc12. The number of rotatable bonds is 3. The van der Waals surface area contributed by atoms with Crippen LogP contribution in [-0.4, -0.2) is 5.91 Å². The summed E-state index contributed by atoms with van der Waals surface area (Å²) in [6, 6.07) is 11.6. The van der Waals surface area contributed by atoms with E-state index in [2.05, 4.69) is 5.32 Å². The van der Waals surface area contributed by atoms with E-state index in [-0.39, 0.29) is 12.3 Å². The Labute approximate surface area is 148 Å². The molecule has 122 valence electrons. The van der Waals surface area contributed by atoms with Crippen molar-refractivity contribution in [3.63, 3.8) is 0 Å². The summed E-state index contributed by atoms with van der Waals surface area (Å²) in [5, 5.41) is 4.56. The third-order valence-electron chi connectivity index (χ3n) is 3.60. The Bertz CT molecular complexity index is 995. The summed E-state index contributed by atoms with van der Waals surface area (Å²) in [5.41, 5.74) is 2.07. The second kappa shape index (κ2) is 6.67. The number of benzene rings is 2. The van der Waals surface area contributed by atoms with Gasteiger partial charge in [-0.2, -0.15) is 0 Å². The van der Waals surface area contributed by atoms with Crippen LogP contribution in [0.15, 0.2) is 51.7 Å². The van der Waals surface area contributed by atoms with Crippen LogP contribution in [0.3, 0.4) is 0 Å². The lowest BCUT2D eigenvalue weighted by atomic mass is 10.1. The maximum Gasteiger partial charge on any atom is 0.336 e. The van der Waals surface area contributed by atoms with Crippen LogP contribution < -0.4 is 10.9 Å². The molecule has 1 heterocycles. The first-order valence-electron chi connectivity index (χ1n) is 7.20. The van der Waals surface area contributed by atoms with Crippen LogP contribution in [0.25, 0.3) is 11.0 Å². The van der Waals surface area contributed by atoms with E-state index in [1.165, 1.54) is 6.07 Å². The zero-order valence-electron chi connectivity index (χ0n) is 12.7. The fourth-order valence-corrected chi connectivity index (χ4v) is 2.92. The van der Waals surface area contributed by atoms with Crippen molar-refractivity contribution < 1.29 is 9.21 Å². The molecule has 0 aliphatic rings. The Morgan fingerprint density at radius 2 is 1.92 bits per heavy atom. The molecule has 1 N–H and O–H groups in total. The third kappa shape index (κ3) is 3.61. The van der Waals surface area contributed by atoms with Crippen molar-refractivity contribution in [2.45, 2.75) is 13.3 Å². The summed E-state index contributed by atoms with van der Waals surface area (Å²) in [6.45, 7) is 1.83. The fourth-order valence-electron chi connectivity index (χ4n) is 2.45. The largest absolute Gasteiger partial charge is 0.423 e. The molecule has 3 rings (SSSR count). The Hall–Kier alpha value is -2.30. The van der Waals surface area contributed by atoms with E-state index in [4.69, 9.17) is 27.6 Å². The number of carbonyl (C=O) groups is 1. The van der Waals surface area contributed by atoms with E-state index in [9.17, 15) is 9.59 Å². The second-order valence-corrected chi connectivity index (χ2v) is 6.26. The lowest BCUT2D eigenvalue weighted by Crippen LogP contribution is -2.14. The second-order valence-electron chi connectivity index (χ2n) is 5.42. The molecular weight excluding hydrogens is 349 g/mol. The van der Waals surface area contributed by atoms with Gasteiger partial charge >= 0.3 is 5.63 Å². The van der Waals surface area contributed by atoms with Crippen molar-refractivity contribution in [1.82, 2.24) is 0 Å². The van der Waals surface area contributed by atoms with Crippen molar-refractivity contribution in [2.24, 2.45) is 0 Å². The summed E-state index contributed by atoms with van der Waals surface area (Å²) < 4.78 is 5.17. The van der Waals surface area contributed by atoms with Gasteiger partial charge in [0.15, 0.2) is 0 Å². The molecule has 0 aliphatic heterocycles. The minimum Gasteiger partial charge on any atom is -0.423 e. The number of anilines is 1. The number of hydrogen-bond donors (Lipinski definition) is 1. The lowest BCUT2D eigenvalue weighted by Gasteiger charge is -2.08. The zero-order valence-corrected chi connectivity index (χ0v) is 14.2. The maximum atomic E-state index is 12.2. The van der Waals surface area contributed by atoms with E-state index < -0.39 is 5.63 Å². The van der Waals surface area contributed by atoms with Gasteiger partial charge in [0, 0.05) is 33.3 Å². The summed E-state index contributed by atoms with van der Waals surface area (Å²) in [6.07, 6.45) is 0.117. The molecule has 4 nitrogen and oxygen atoms in total. The van der Waals surface area contributed by atoms with Crippen LogP contribution in [0.4, 0.5) is 5.69 Å². The molecule has 1 aromatic heterocycles. The molecule has 0 saturated carbocycles. The van der Waals surface area contributed by atoms with Crippen LogP contribution in [0.2, 0.25) is 10.0 Å². The monoisotopic (exact) mass is 361 g/mol. The predicted molar refractivity (Wildman–Crippen MR) is 96.0 cm³/mol. The number of aryl methyl sites for hydroxylation is 1. The predicted octanol–water partition coefficient (Wildman–Crippen LogP) is 4.59. The van der Waals surface area contributed by atoms with Gasteiger partial charge in [-0.15, -0.1) is 0 Å². The van der Waals surface area contributed by atoms with E-state index in [1.54, 1.807) is 36.4 Å². The average molecular weight is 362 g/mol. The van der Waals surface area contributed by atoms with E-state index >= 15 is 0 Å². The number of hydrogen-bond acceptors (Lipinski definition) is 3. The lowest BCUT2D eigenvalue weighted by molar-refractivity contribution is -0.115. The number of nitrogens with one attached hydrogen (secondary N) is 1. The highest BCUT2D eigenvalue weighted by atomic mass is 35.5. The smallest absolute Gasteiger partial charge is 0.336 e. The normalized spacial score (nSPS) is 10.8. The van der Waals surface area contributed by atoms with Crippen LogP contribution in [-0.2, 0) is 11.2 Å². The van der Waals surface area contributed by atoms with Gasteiger partial charge in [0.05, 0.1) is 6.42 Å². The highest BCUT2D eigenvalue weighted by molar-refractivity contribution is 6.35. The quantitative estimate of drug-likeness (QED) is 0.694. The molecule has 0 fully saturated rings. The summed E-state index contributed by atoms with van der Waals surface area (Å²) in [7, 11) is 0. The van der Waals surface area contributed by atoms with Crippen LogP contribution >= 0.6 is 23.2 Å². The van der Waals surface area contributed by atoms with E-state index in [0.29, 0.717) is 26.9 Å². The van der Waals surface area contributed by atoms with Crippen molar-refractivity contribution in [3.05, 3.63) is 74.1 Å². The van der Waals surface area contributed by atoms with E-state index in [1.807, 2.05) is 6.92 Å². The van der Waals surface area contributed by atoms with Crippen LogP contribution in [0, 0.1) is 6.92 Å². The molecule has 0 spiro atoms. The van der Waals surface area contributed by atoms with Gasteiger partial charge in [-0.3, -0.25) is 4.79 Å². The molecule has 0 radical (unpaired) electrons. The van der Waals surface area contributed by atoms with Gasteiger partial charge in [0.1, 0.15) is 5.58 Å². The standard InChI is InChI=1S/C18H13Cl2NO3/c1-10-6-18(23)24-16-9-13(4-5-14(10)16)21-17(22)7-11-2-3-12(19)8-15(11)20/h2-6,8-9H,7H2,1H3,(H,21,22). The van der Waals surface area contributed by atoms with Crippen molar-refractivity contribution in [3.8, 4) is 0 Å². The first kappa shape index (κ1) is 16.6. The number of carbonyl (C=O) groups excluding carboxylic acids is 1. The van der Waals surface area contributed by atoms with Gasteiger partial charge in [0.25, 0.3) is 0 Å². The van der Waals surface area contributed by atoms with Gasteiger partial charge in [-0.05, 0) is 42.3 Å². The minimum atomic E-state index is -0.420. The Morgan fingerprint density at radius 3 is 2.67 bits per heavy atom. The average Bonchev–Trinajstić information content (AvgIpc) is 2.49. The zero-order chi connectivity index (χ0) is 17.3. The molecule has 0 bridgehead atoms. The highest BCUT2D eigenvalue weighted by Crippen LogP contribution is 2.23. The molecule has 2 aromatic carbocycles. The van der Waals surface area contributed by atoms with Crippen molar-refractivity contribution in [2.75, 3.05) is 5.32 Å². The van der Waals surface area contributed by atoms with Crippen LogP contribution in [0.1, 0.15) is 11.1 Å². The highest BCUT2D eigenvalue weighted by Gasteiger charge is 2.09. The van der Waals surface area contributed by atoms with Crippen LogP contribution in [0.5, 0.6) is 0 Å². The molecule has 0 aliphatic carbocycles. The topological polar surface area (TPSA) is 59.3 Å². The number of amides is 1. The van der Waals surface area contributed by atoms with Gasteiger partial charge in [0.2, 0.25) is 5.91 Å². The third-order valence-corrected chi connectivity index (χ3v) is 4.19. The minimum absolute atomic E-state index is 0.117. The molecule has 1 amide bonds. The van der Waals surface area contributed by atoms with Crippen molar-refractivity contribution >= 4 is 45.8 Å². The molecular formula is C18H13Cl2NO3. The Balaban J connectivity index is 1.81. The number of halogens is 2. The first-order chi connectivity index (χ1) is 11.4. The Kier molecular flexibility index (Phi) is 4.60.